The Balaban J connectivity index is 1.34. The minimum Gasteiger partial charge on any atom is -0.508 e. The number of carbonyl (C=O) groups excluding carboxylic acids is 4. The number of methoxy groups -OCH3 is 1. The van der Waals surface area contributed by atoms with Crippen molar-refractivity contribution in [2.75, 3.05) is 16.9 Å². The first-order chi connectivity index (χ1) is 22.5. The summed E-state index contributed by atoms with van der Waals surface area (Å²) in [6.45, 7) is 0. The van der Waals surface area contributed by atoms with E-state index in [0.717, 1.165) is 21.9 Å². The predicted octanol–water partition coefficient (Wildman–Crippen LogP) is 4.26. The van der Waals surface area contributed by atoms with Crippen LogP contribution in [0.3, 0.4) is 0 Å². The minimum absolute atomic E-state index is 0.0279. The van der Waals surface area contributed by atoms with Crippen molar-refractivity contribution < 1.29 is 38.9 Å². The van der Waals surface area contributed by atoms with E-state index in [2.05, 4.69) is 0 Å². The van der Waals surface area contributed by atoms with Gasteiger partial charge in [0.05, 0.1) is 52.0 Å². The number of phenols is 1. The molecule has 6 atom stereocenters. The van der Waals surface area contributed by atoms with Gasteiger partial charge in [-0.25, -0.2) is 9.80 Å². The molecule has 3 fully saturated rings. The highest BCUT2D eigenvalue weighted by Gasteiger charge is 2.62. The van der Waals surface area contributed by atoms with Gasteiger partial charge >= 0.3 is 0 Å². The molecule has 3 aromatic rings. The van der Waals surface area contributed by atoms with Gasteiger partial charge in [0.2, 0.25) is 23.6 Å². The van der Waals surface area contributed by atoms with Gasteiger partial charge in [0, 0.05) is 41.8 Å². The Hall–Kier alpha value is -5.92. The van der Waals surface area contributed by atoms with Crippen LogP contribution in [-0.2, 0) is 19.2 Å². The number of nitro groups is 2. The summed E-state index contributed by atoms with van der Waals surface area (Å²) < 4.78 is 5.25. The lowest BCUT2D eigenvalue weighted by atomic mass is 9.57. The van der Waals surface area contributed by atoms with E-state index in [1.54, 1.807) is 18.2 Å². The average molecular weight is 639 g/mol. The highest BCUT2D eigenvalue weighted by atomic mass is 16.6. The first kappa shape index (κ1) is 29.8. The molecule has 14 heteroatoms. The number of allylic oxidation sites excluding steroid dienone is 2. The standard InChI is InChI=1S/C33H26N4O10/c1-47-20-8-9-22(26(38)14-20)27-21-10-11-23-28(32(41)34(30(23)39)16-4-2-6-18(12-16)36(43)44)24(21)15-25-29(27)33(42)35(31(25)40)17-5-3-7-19(13-17)37(45)46/h2-10,12-14,23-25,27-29,38H,11,15H2,1H3/t23-,24+,25+,27+,28-,29+/m0/s1. The number of non-ortho nitro benzene ring substituents is 2. The van der Waals surface area contributed by atoms with Crippen LogP contribution in [0.5, 0.6) is 11.5 Å². The zero-order valence-corrected chi connectivity index (χ0v) is 24.7. The van der Waals surface area contributed by atoms with Gasteiger partial charge in [-0.1, -0.05) is 29.8 Å². The van der Waals surface area contributed by atoms with Crippen molar-refractivity contribution in [3.05, 3.63) is 104 Å². The summed E-state index contributed by atoms with van der Waals surface area (Å²) >= 11 is 0. The third kappa shape index (κ3) is 4.47. The SMILES string of the molecule is COc1ccc([C@H]2C3=CC[C@@H]4C(=O)N(c5cccc([N+](=O)[O-])c5)C(=O)[C@@H]4[C@@H]3C[C@H]3C(=O)N(c4cccc([N+](=O)[O-])c4)C(=O)[C@@H]23)c(O)c1. The van der Waals surface area contributed by atoms with E-state index < -0.39 is 69.0 Å². The van der Waals surface area contributed by atoms with Crippen LogP contribution < -0.4 is 14.5 Å². The molecule has 2 heterocycles. The van der Waals surface area contributed by atoms with Crippen molar-refractivity contribution in [2.24, 2.45) is 29.6 Å². The molecule has 2 saturated heterocycles. The van der Waals surface area contributed by atoms with E-state index in [0.29, 0.717) is 16.9 Å². The molecule has 3 aromatic carbocycles. The number of phenolic OH excluding ortho intramolecular Hbond substituents is 1. The van der Waals surface area contributed by atoms with Crippen LogP contribution in [0.4, 0.5) is 22.7 Å². The number of amides is 4. The van der Waals surface area contributed by atoms with Crippen LogP contribution in [0.25, 0.3) is 0 Å². The maximum atomic E-state index is 14.2. The Labute approximate surface area is 266 Å². The fraction of sp³-hybridized carbons (Fsp3) is 0.273. The molecule has 2 aliphatic carbocycles. The van der Waals surface area contributed by atoms with Crippen LogP contribution in [0.1, 0.15) is 24.3 Å². The molecule has 47 heavy (non-hydrogen) atoms. The first-order valence-electron chi connectivity index (χ1n) is 14.8. The minimum atomic E-state index is -1.01. The molecule has 7 rings (SSSR count). The number of aromatic hydroxyl groups is 1. The van der Waals surface area contributed by atoms with Gasteiger partial charge in [0.25, 0.3) is 11.4 Å². The third-order valence-electron chi connectivity index (χ3n) is 9.82. The highest BCUT2D eigenvalue weighted by Crippen LogP contribution is 2.59. The van der Waals surface area contributed by atoms with Crippen LogP contribution in [0.2, 0.25) is 0 Å². The van der Waals surface area contributed by atoms with Crippen molar-refractivity contribution in [1.82, 2.24) is 0 Å². The Morgan fingerprint density at radius 2 is 1.32 bits per heavy atom. The van der Waals surface area contributed by atoms with Gasteiger partial charge in [-0.2, -0.15) is 0 Å². The number of nitro benzene ring substituents is 2. The van der Waals surface area contributed by atoms with Gasteiger partial charge in [0.15, 0.2) is 0 Å². The maximum Gasteiger partial charge on any atom is 0.271 e. The molecule has 4 amide bonds. The third-order valence-corrected chi connectivity index (χ3v) is 9.82. The number of ether oxygens (including phenoxy) is 1. The molecular formula is C33H26N4O10. The molecule has 0 spiro atoms. The summed E-state index contributed by atoms with van der Waals surface area (Å²) in [5.41, 5.74) is 0.440. The first-order valence-corrected chi connectivity index (χ1v) is 14.8. The summed E-state index contributed by atoms with van der Waals surface area (Å²) in [6.07, 6.45) is 1.96. The Morgan fingerprint density at radius 1 is 0.745 bits per heavy atom. The summed E-state index contributed by atoms with van der Waals surface area (Å²) in [6, 6.07) is 15.0. The van der Waals surface area contributed by atoms with Crippen molar-refractivity contribution in [2.45, 2.75) is 18.8 Å². The summed E-state index contributed by atoms with van der Waals surface area (Å²) in [4.78, 5) is 79.7. The van der Waals surface area contributed by atoms with Gasteiger partial charge < -0.3 is 9.84 Å². The lowest BCUT2D eigenvalue weighted by molar-refractivity contribution is -0.385. The zero-order chi connectivity index (χ0) is 33.3. The number of imide groups is 2. The van der Waals surface area contributed by atoms with Crippen molar-refractivity contribution in [3.63, 3.8) is 0 Å². The van der Waals surface area contributed by atoms with Crippen LogP contribution in [0.15, 0.2) is 78.4 Å². The highest BCUT2D eigenvalue weighted by molar-refractivity contribution is 6.24. The number of fused-ring (bicyclic) bond motifs is 4. The van der Waals surface area contributed by atoms with E-state index in [1.807, 2.05) is 0 Å². The van der Waals surface area contributed by atoms with Crippen LogP contribution in [-0.4, -0.2) is 45.7 Å². The molecule has 0 aromatic heterocycles. The monoisotopic (exact) mass is 638 g/mol. The quantitative estimate of drug-likeness (QED) is 0.177. The second-order valence-electron chi connectivity index (χ2n) is 12.0. The second kappa shape index (κ2) is 10.9. The molecule has 0 radical (unpaired) electrons. The Bertz CT molecular complexity index is 1960. The molecule has 14 nitrogen and oxygen atoms in total. The summed E-state index contributed by atoms with van der Waals surface area (Å²) in [5.74, 6) is -7.44. The van der Waals surface area contributed by atoms with Gasteiger partial charge in [-0.15, -0.1) is 0 Å². The van der Waals surface area contributed by atoms with E-state index in [4.69, 9.17) is 4.74 Å². The average Bonchev–Trinajstić information content (AvgIpc) is 3.47. The number of carbonyl (C=O) groups is 4. The summed E-state index contributed by atoms with van der Waals surface area (Å²) in [7, 11) is 1.43. The fourth-order valence-corrected chi connectivity index (χ4v) is 7.85. The molecular weight excluding hydrogens is 612 g/mol. The lowest BCUT2D eigenvalue weighted by Gasteiger charge is -2.44. The zero-order valence-electron chi connectivity index (χ0n) is 24.7. The van der Waals surface area contributed by atoms with Gasteiger partial charge in [-0.3, -0.25) is 39.4 Å². The molecule has 238 valence electrons. The summed E-state index contributed by atoms with van der Waals surface area (Å²) in [5, 5.41) is 34.1. The van der Waals surface area contributed by atoms with Crippen molar-refractivity contribution in [1.29, 1.82) is 0 Å². The predicted molar refractivity (Wildman–Crippen MR) is 163 cm³/mol. The molecule has 0 unspecified atom stereocenters. The topological polar surface area (TPSA) is 190 Å². The molecule has 1 saturated carbocycles. The Kier molecular flexibility index (Phi) is 6.88. The number of nitrogens with zero attached hydrogens (tertiary/aromatic N) is 4. The lowest BCUT2D eigenvalue weighted by Crippen LogP contribution is -2.43. The maximum absolute atomic E-state index is 14.2. The number of hydrogen-bond donors (Lipinski definition) is 1. The molecule has 0 bridgehead atoms. The van der Waals surface area contributed by atoms with Crippen LogP contribution >= 0.6 is 0 Å². The largest absolute Gasteiger partial charge is 0.508 e. The number of hydrogen-bond acceptors (Lipinski definition) is 10. The van der Waals surface area contributed by atoms with Gasteiger partial charge in [0.1, 0.15) is 11.5 Å². The molecule has 4 aliphatic rings. The number of benzene rings is 3. The van der Waals surface area contributed by atoms with Crippen LogP contribution in [0, 0.1) is 49.8 Å². The molecule has 2 aliphatic heterocycles. The van der Waals surface area contributed by atoms with Crippen molar-refractivity contribution in [3.8, 4) is 11.5 Å². The van der Waals surface area contributed by atoms with E-state index in [-0.39, 0.29) is 41.3 Å². The van der Waals surface area contributed by atoms with Crippen molar-refractivity contribution >= 4 is 46.4 Å². The second-order valence-corrected chi connectivity index (χ2v) is 12.0. The van der Waals surface area contributed by atoms with E-state index >= 15 is 0 Å². The van der Waals surface area contributed by atoms with Gasteiger partial charge in [-0.05, 0) is 37.0 Å². The normalized spacial score (nSPS) is 26.4. The smallest absolute Gasteiger partial charge is 0.271 e. The molecule has 1 N–H and O–H groups in total. The Morgan fingerprint density at radius 3 is 1.87 bits per heavy atom. The fourth-order valence-electron chi connectivity index (χ4n) is 7.85. The number of rotatable bonds is 6. The van der Waals surface area contributed by atoms with E-state index in [1.165, 1.54) is 49.6 Å². The number of anilines is 2. The van der Waals surface area contributed by atoms with E-state index in [9.17, 15) is 44.5 Å².